The number of fused-ring (bicyclic) bond motifs is 1. The van der Waals surface area contributed by atoms with Crippen LogP contribution in [0.4, 0.5) is 0 Å². The third-order valence-corrected chi connectivity index (χ3v) is 12.3. The summed E-state index contributed by atoms with van der Waals surface area (Å²) in [5, 5.41) is 20.6. The van der Waals surface area contributed by atoms with E-state index in [1.165, 1.54) is 22.8 Å². The van der Waals surface area contributed by atoms with Gasteiger partial charge < -0.3 is 49.5 Å². The monoisotopic (exact) mass is 993 g/mol. The first-order valence-electron chi connectivity index (χ1n) is 26.3. The lowest BCUT2D eigenvalue weighted by atomic mass is 9.87. The molecule has 16 nitrogen and oxygen atoms in total. The zero-order chi connectivity index (χ0) is 54.4. The fraction of sp³-hybridized carbons (Fsp3) is 0.691. The van der Waals surface area contributed by atoms with Gasteiger partial charge in [0.25, 0.3) is 0 Å². The molecule has 3 atom stereocenters. The van der Waals surface area contributed by atoms with Crippen LogP contribution in [-0.2, 0) is 25.6 Å². The minimum Gasteiger partial charge on any atom is -0.370 e. The topological polar surface area (TPSA) is 303 Å². The number of ketones is 4. The second-order valence-corrected chi connectivity index (χ2v) is 21.3. The zero-order valence-corrected chi connectivity index (χ0v) is 46.1. The van der Waals surface area contributed by atoms with Crippen LogP contribution in [0.1, 0.15) is 140 Å². The van der Waals surface area contributed by atoms with Crippen LogP contribution in [0.25, 0.3) is 10.8 Å². The number of Topliss-reactive ketones (excluding diaryl/α,β-unsaturated/α-hetero) is 4. The molecule has 3 aliphatic rings. The molecule has 0 spiro atoms. The number of nitrogens with zero attached hydrogens (tertiary/aromatic N) is 3. The Morgan fingerprint density at radius 3 is 1.69 bits per heavy atom. The molecule has 404 valence electrons. The summed E-state index contributed by atoms with van der Waals surface area (Å²) < 4.78 is 0. The Morgan fingerprint density at radius 2 is 1.24 bits per heavy atom. The Hall–Kier alpha value is -4.93. The molecule has 0 amide bonds. The molecule has 3 unspecified atom stereocenters. The van der Waals surface area contributed by atoms with E-state index >= 15 is 0 Å². The first kappa shape index (κ1) is 66.1. The van der Waals surface area contributed by atoms with Gasteiger partial charge in [-0.3, -0.25) is 35.0 Å². The van der Waals surface area contributed by atoms with Gasteiger partial charge in [0.2, 0.25) is 0 Å². The van der Waals surface area contributed by atoms with Gasteiger partial charge in [-0.05, 0) is 92.0 Å². The normalized spacial score (nSPS) is 17.1. The van der Waals surface area contributed by atoms with Crippen molar-refractivity contribution in [1.29, 1.82) is 10.8 Å². The van der Waals surface area contributed by atoms with E-state index < -0.39 is 6.04 Å². The number of guanidine groups is 3. The summed E-state index contributed by atoms with van der Waals surface area (Å²) in [6.45, 7) is 29.3. The molecule has 71 heavy (non-hydrogen) atoms. The van der Waals surface area contributed by atoms with Crippen molar-refractivity contribution in [3.8, 4) is 0 Å². The van der Waals surface area contributed by atoms with Crippen molar-refractivity contribution < 1.29 is 19.2 Å². The highest BCUT2D eigenvalue weighted by Crippen LogP contribution is 2.23. The fourth-order valence-corrected chi connectivity index (χ4v) is 8.19. The highest BCUT2D eigenvalue weighted by Gasteiger charge is 2.28. The summed E-state index contributed by atoms with van der Waals surface area (Å²) >= 11 is 0. The predicted molar refractivity (Wildman–Crippen MR) is 297 cm³/mol. The van der Waals surface area contributed by atoms with Crippen LogP contribution in [0, 0.1) is 58.2 Å². The molecule has 3 fully saturated rings. The number of nitrogens with one attached hydrogen (secondary N) is 3. The maximum Gasteiger partial charge on any atom is 0.188 e. The second-order valence-electron chi connectivity index (χ2n) is 21.3. The summed E-state index contributed by atoms with van der Waals surface area (Å²) in [6.07, 6.45) is 8.76. The summed E-state index contributed by atoms with van der Waals surface area (Å²) in [5.74, 6) is 3.89. The summed E-state index contributed by atoms with van der Waals surface area (Å²) in [4.78, 5) is 53.1. The van der Waals surface area contributed by atoms with Gasteiger partial charge in [0.1, 0.15) is 17.3 Å². The van der Waals surface area contributed by atoms with Gasteiger partial charge in [0.05, 0.1) is 12.1 Å². The highest BCUT2D eigenvalue weighted by molar-refractivity contribution is 5.87. The van der Waals surface area contributed by atoms with Crippen molar-refractivity contribution in [2.75, 3.05) is 45.8 Å². The van der Waals surface area contributed by atoms with Crippen molar-refractivity contribution in [1.82, 2.24) is 15.1 Å². The Morgan fingerprint density at radius 1 is 0.676 bits per heavy atom. The first-order chi connectivity index (χ1) is 33.2. The van der Waals surface area contributed by atoms with E-state index in [1.54, 1.807) is 4.90 Å². The molecule has 16 heteroatoms. The number of benzene rings is 2. The summed E-state index contributed by atoms with van der Waals surface area (Å²) in [7, 11) is 0. The van der Waals surface area contributed by atoms with Gasteiger partial charge in [-0.1, -0.05) is 126 Å². The second kappa shape index (κ2) is 36.1. The number of carbonyl (C=O) groups is 4. The third kappa shape index (κ3) is 28.6. The molecule has 3 heterocycles. The lowest BCUT2D eigenvalue weighted by molar-refractivity contribution is -0.127. The van der Waals surface area contributed by atoms with Crippen molar-refractivity contribution in [3.05, 3.63) is 48.0 Å². The number of piperidine rings is 2. The average Bonchev–Trinajstić information content (AvgIpc) is 3.87. The molecule has 0 aliphatic carbocycles. The minimum absolute atomic E-state index is 0.00329. The number of carbonyl (C=O) groups excluding carboxylic acids is 4. The van der Waals surface area contributed by atoms with Gasteiger partial charge in [-0.2, -0.15) is 0 Å². The molecule has 2 aromatic rings. The van der Waals surface area contributed by atoms with E-state index in [2.05, 4.69) is 94.3 Å². The number of hydrogen-bond donors (Lipinski definition) is 9. The molecular weight excluding hydrogens is 893 g/mol. The van der Waals surface area contributed by atoms with Crippen LogP contribution in [-0.4, -0.2) is 109 Å². The standard InChI is InChI=1S/C14H16.2C10H19N3O.C9H17NO.C6H15N3.C6H14N2O/c1-11(2)10-13-8-5-7-12-6-3-4-9-14(12)13;1-7(2)9(14)8-3-5-13(6-4-8)10(11)12;1-7(2)9(14)8-4-3-5-13(6-8)10(11)12;1-7(2)6-9(11)8-4-3-5-10-8;1-5(2)3-4-9-6(7)8;1-4(2)6(9)5(8)3-7/h3-9,11H,10H2,1-2H3;2*7-8H,3-6H2,1-2H3,(H3,11,12);7-8,10H,3-6H2,1-2H3;5H,3-4H2,1-2H3,(H4,7,8,9);4-5H,3,7-8H2,1-2H3. The molecule has 0 bridgehead atoms. The molecule has 0 saturated carbocycles. The maximum atomic E-state index is 11.7. The van der Waals surface area contributed by atoms with E-state index in [9.17, 15) is 19.2 Å². The van der Waals surface area contributed by atoms with Gasteiger partial charge in [-0.15, -0.1) is 0 Å². The van der Waals surface area contributed by atoms with E-state index in [1.807, 2.05) is 46.4 Å². The number of rotatable bonds is 15. The molecule has 0 radical (unpaired) electrons. The third-order valence-electron chi connectivity index (χ3n) is 12.3. The van der Waals surface area contributed by atoms with Crippen LogP contribution in [0.2, 0.25) is 0 Å². The molecule has 2 aromatic carbocycles. The first-order valence-corrected chi connectivity index (χ1v) is 26.3. The minimum atomic E-state index is -0.468. The number of aliphatic imine (C=N–C) groups is 1. The van der Waals surface area contributed by atoms with Crippen LogP contribution in [0.5, 0.6) is 0 Å². The molecular formula is C55H100N12O4. The lowest BCUT2D eigenvalue weighted by Crippen LogP contribution is -2.45. The summed E-state index contributed by atoms with van der Waals surface area (Å²) in [6, 6.07) is 14.9. The molecule has 5 rings (SSSR count). The quantitative estimate of drug-likeness (QED) is 0.0654. The van der Waals surface area contributed by atoms with Crippen molar-refractivity contribution >= 4 is 51.8 Å². The number of nitrogens with two attached hydrogens (primary N) is 6. The van der Waals surface area contributed by atoms with E-state index in [0.717, 1.165) is 90.0 Å². The smallest absolute Gasteiger partial charge is 0.188 e. The Kier molecular flexibility index (Phi) is 33.6. The average molecular weight is 993 g/mol. The maximum absolute atomic E-state index is 11.7. The van der Waals surface area contributed by atoms with E-state index in [0.29, 0.717) is 35.7 Å². The van der Waals surface area contributed by atoms with Crippen LogP contribution in [0.15, 0.2) is 47.5 Å². The Labute approximate surface area is 429 Å². The lowest BCUT2D eigenvalue weighted by Gasteiger charge is -2.32. The molecule has 3 saturated heterocycles. The van der Waals surface area contributed by atoms with Crippen LogP contribution in [0.3, 0.4) is 0 Å². The van der Waals surface area contributed by atoms with Crippen molar-refractivity contribution in [3.63, 3.8) is 0 Å². The SMILES string of the molecule is CC(C)C(=O)C(N)CN.CC(C)C(=O)C1CCCN(C(=N)N)C1.CC(C)C(=O)C1CCN(C(=N)N)CC1.CC(C)CC(=O)C1CCCN1.CC(C)CCN=C(N)N.CC(C)Cc1cccc2ccccc12. The zero-order valence-electron chi connectivity index (χ0n) is 46.1. The molecule has 3 aliphatic heterocycles. The van der Waals surface area contributed by atoms with Crippen LogP contribution >= 0.6 is 0 Å². The largest absolute Gasteiger partial charge is 0.370 e. The van der Waals surface area contributed by atoms with Crippen LogP contribution < -0.4 is 39.7 Å². The Bertz CT molecular complexity index is 1890. The number of hydrogen-bond acceptors (Lipinski definition) is 10. The fourth-order valence-electron chi connectivity index (χ4n) is 8.19. The highest BCUT2D eigenvalue weighted by atomic mass is 16.1. The predicted octanol–water partition coefficient (Wildman–Crippen LogP) is 6.83. The van der Waals surface area contributed by atoms with Gasteiger partial charge >= 0.3 is 0 Å². The molecule has 0 aromatic heterocycles. The summed E-state index contributed by atoms with van der Waals surface area (Å²) in [5.41, 5.74) is 33.0. The van der Waals surface area contributed by atoms with Crippen molar-refractivity contribution in [2.45, 2.75) is 153 Å². The van der Waals surface area contributed by atoms with E-state index in [-0.39, 0.29) is 65.8 Å². The van der Waals surface area contributed by atoms with Crippen molar-refractivity contribution in [2.24, 2.45) is 86.7 Å². The van der Waals surface area contributed by atoms with E-state index in [4.69, 9.17) is 45.2 Å². The molecule has 15 N–H and O–H groups in total. The van der Waals surface area contributed by atoms with Gasteiger partial charge in [0, 0.05) is 75.3 Å². The van der Waals surface area contributed by atoms with Gasteiger partial charge in [-0.25, -0.2) is 0 Å². The Balaban J connectivity index is 0.000000837. The van der Waals surface area contributed by atoms with Gasteiger partial charge in [0.15, 0.2) is 23.7 Å². The number of likely N-dealkylation sites (tertiary alicyclic amines) is 2.